The Morgan fingerprint density at radius 1 is 1.07 bits per heavy atom. The fraction of sp³-hybridized carbons (Fsp3) is 0.100. The first-order valence-corrected chi connectivity index (χ1v) is 9.89. The molecule has 0 aliphatic rings. The maximum Gasteiger partial charge on any atom is 0.212 e. The molecule has 0 atom stereocenters. The van der Waals surface area contributed by atoms with E-state index < -0.39 is 9.84 Å². The van der Waals surface area contributed by atoms with E-state index in [2.05, 4.69) is 16.5 Å². The molecule has 0 fully saturated rings. The molecule has 0 aliphatic carbocycles. The Kier molecular flexibility index (Phi) is 3.96. The van der Waals surface area contributed by atoms with Crippen LogP contribution in [0.2, 0.25) is 0 Å². The van der Waals surface area contributed by atoms with Crippen LogP contribution < -0.4 is 5.73 Å². The summed E-state index contributed by atoms with van der Waals surface area (Å²) in [5.41, 5.74) is 9.23. The third kappa shape index (κ3) is 2.67. The topological polar surface area (TPSA) is 90.9 Å². The second-order valence-electron chi connectivity index (χ2n) is 6.31. The summed E-state index contributed by atoms with van der Waals surface area (Å²) in [5.74, 6) is 0.112. The predicted molar refractivity (Wildman–Crippen MR) is 106 cm³/mol. The van der Waals surface area contributed by atoms with Gasteiger partial charge in [-0.25, -0.2) is 18.4 Å². The molecule has 4 aromatic rings. The molecule has 0 unspecified atom stereocenters. The number of allylic oxidation sites excluding steroid dienone is 1. The van der Waals surface area contributed by atoms with Crippen LogP contribution in [0.5, 0.6) is 0 Å². The van der Waals surface area contributed by atoms with Crippen molar-refractivity contribution in [3.8, 4) is 0 Å². The highest BCUT2D eigenvalue weighted by atomic mass is 32.2. The molecule has 4 rings (SSSR count). The first-order valence-electron chi connectivity index (χ1n) is 8.40. The molecule has 2 heterocycles. The number of benzene rings is 2. The Labute approximate surface area is 156 Å². The summed E-state index contributed by atoms with van der Waals surface area (Å²) in [7, 11) is -3.86. The summed E-state index contributed by atoms with van der Waals surface area (Å²) in [5, 5.41) is 0. The number of rotatable bonds is 4. The Hall–Kier alpha value is -3.19. The van der Waals surface area contributed by atoms with Crippen molar-refractivity contribution < 1.29 is 8.42 Å². The van der Waals surface area contributed by atoms with Crippen molar-refractivity contribution in [3.05, 3.63) is 66.7 Å². The number of aromatic nitrogens is 3. The van der Waals surface area contributed by atoms with Gasteiger partial charge >= 0.3 is 0 Å². The summed E-state index contributed by atoms with van der Waals surface area (Å²) >= 11 is 0. The lowest BCUT2D eigenvalue weighted by Crippen LogP contribution is -2.07. The maximum absolute atomic E-state index is 13.3. The van der Waals surface area contributed by atoms with Gasteiger partial charge in [0.25, 0.3) is 0 Å². The zero-order chi connectivity index (χ0) is 19.2. The monoisotopic (exact) mass is 378 g/mol. The van der Waals surface area contributed by atoms with Gasteiger partial charge in [0.2, 0.25) is 9.84 Å². The lowest BCUT2D eigenvalue weighted by atomic mass is 10.2. The number of nitrogen functional groups attached to an aromatic ring is 1. The Morgan fingerprint density at radius 2 is 1.70 bits per heavy atom. The Bertz CT molecular complexity index is 1290. The van der Waals surface area contributed by atoms with Crippen molar-refractivity contribution >= 4 is 37.9 Å². The van der Waals surface area contributed by atoms with Crippen molar-refractivity contribution in [2.24, 2.45) is 0 Å². The number of anilines is 1. The molecule has 2 N–H and O–H groups in total. The maximum atomic E-state index is 13.3. The number of nitrogens with zero attached hydrogens (tertiary/aromatic N) is 3. The third-order valence-corrected chi connectivity index (χ3v) is 6.29. The second-order valence-corrected chi connectivity index (χ2v) is 8.20. The van der Waals surface area contributed by atoms with Gasteiger partial charge in [0.05, 0.1) is 15.9 Å². The molecule has 0 aliphatic heterocycles. The number of hydrogen-bond acceptors (Lipinski definition) is 5. The zero-order valence-electron chi connectivity index (χ0n) is 14.8. The van der Waals surface area contributed by atoms with Gasteiger partial charge in [0.1, 0.15) is 16.2 Å². The fourth-order valence-corrected chi connectivity index (χ4v) is 4.61. The molecule has 0 saturated heterocycles. The van der Waals surface area contributed by atoms with Gasteiger partial charge in [0.15, 0.2) is 5.65 Å². The van der Waals surface area contributed by atoms with E-state index in [0.29, 0.717) is 23.2 Å². The molecule has 0 spiro atoms. The number of para-hydroxylation sites is 2. The lowest BCUT2D eigenvalue weighted by Gasteiger charge is -2.06. The van der Waals surface area contributed by atoms with Crippen LogP contribution in [-0.4, -0.2) is 23.0 Å². The minimum Gasteiger partial charge on any atom is -0.384 e. The van der Waals surface area contributed by atoms with E-state index >= 15 is 0 Å². The summed E-state index contributed by atoms with van der Waals surface area (Å²) in [6.07, 6.45) is 1.65. The van der Waals surface area contributed by atoms with Gasteiger partial charge in [-0.3, -0.25) is 0 Å². The van der Waals surface area contributed by atoms with E-state index in [1.54, 1.807) is 41.0 Å². The van der Waals surface area contributed by atoms with Crippen LogP contribution in [0.1, 0.15) is 5.56 Å². The van der Waals surface area contributed by atoms with Gasteiger partial charge < -0.3 is 10.3 Å². The molecule has 2 aromatic carbocycles. The second kappa shape index (κ2) is 6.21. The summed E-state index contributed by atoms with van der Waals surface area (Å²) in [4.78, 5) is 9.34. The summed E-state index contributed by atoms with van der Waals surface area (Å²) < 4.78 is 28.3. The Morgan fingerprint density at radius 3 is 2.33 bits per heavy atom. The van der Waals surface area contributed by atoms with Crippen molar-refractivity contribution in [1.82, 2.24) is 14.5 Å². The van der Waals surface area contributed by atoms with Crippen LogP contribution in [0.25, 0.3) is 22.2 Å². The van der Waals surface area contributed by atoms with Crippen LogP contribution in [0.3, 0.4) is 0 Å². The minimum atomic E-state index is -3.86. The van der Waals surface area contributed by atoms with E-state index in [4.69, 9.17) is 5.73 Å². The van der Waals surface area contributed by atoms with Crippen LogP contribution in [-0.2, 0) is 16.4 Å². The van der Waals surface area contributed by atoms with Gasteiger partial charge in [-0.2, -0.15) is 0 Å². The molecular weight excluding hydrogens is 360 g/mol. The van der Waals surface area contributed by atoms with Crippen LogP contribution in [0.4, 0.5) is 5.82 Å². The van der Waals surface area contributed by atoms with Crippen molar-refractivity contribution in [2.45, 2.75) is 23.3 Å². The van der Waals surface area contributed by atoms with Gasteiger partial charge in [-0.1, -0.05) is 35.9 Å². The molecule has 27 heavy (non-hydrogen) atoms. The lowest BCUT2D eigenvalue weighted by molar-refractivity contribution is 0.597. The van der Waals surface area contributed by atoms with Gasteiger partial charge in [-0.15, -0.1) is 6.58 Å². The van der Waals surface area contributed by atoms with E-state index in [1.165, 1.54) is 0 Å². The number of aryl methyl sites for hydroxylation is 1. The van der Waals surface area contributed by atoms with Crippen molar-refractivity contribution in [2.75, 3.05) is 5.73 Å². The van der Waals surface area contributed by atoms with Crippen LogP contribution in [0.15, 0.2) is 71.0 Å². The minimum absolute atomic E-state index is 0.0125. The standard InChI is InChI=1S/C20H18N4O2S/c1-3-12-24-19(21)18(27(25,26)14-10-8-13(2)9-11-14)17-20(24)23-16-7-5-4-6-15(16)22-17/h3-11H,1,12,21H2,2H3. The van der Waals surface area contributed by atoms with Crippen LogP contribution in [0, 0.1) is 6.92 Å². The summed E-state index contributed by atoms with van der Waals surface area (Å²) in [6, 6.07) is 14.0. The van der Waals surface area contributed by atoms with E-state index in [9.17, 15) is 8.42 Å². The van der Waals surface area contributed by atoms with E-state index in [1.807, 2.05) is 25.1 Å². The molecule has 0 bridgehead atoms. The molecule has 7 heteroatoms. The number of fused-ring (bicyclic) bond motifs is 2. The number of nitrogens with two attached hydrogens (primary N) is 1. The highest BCUT2D eigenvalue weighted by molar-refractivity contribution is 7.92. The average Bonchev–Trinajstić information content (AvgIpc) is 2.92. The highest BCUT2D eigenvalue weighted by Gasteiger charge is 2.29. The highest BCUT2D eigenvalue weighted by Crippen LogP contribution is 2.35. The molecule has 6 nitrogen and oxygen atoms in total. The predicted octanol–water partition coefficient (Wildman–Crippen LogP) is 3.49. The quantitative estimate of drug-likeness (QED) is 0.549. The van der Waals surface area contributed by atoms with Gasteiger partial charge in [-0.05, 0) is 31.2 Å². The smallest absolute Gasteiger partial charge is 0.212 e. The first kappa shape index (κ1) is 17.2. The molecule has 0 radical (unpaired) electrons. The average molecular weight is 378 g/mol. The number of sulfone groups is 1. The van der Waals surface area contributed by atoms with Crippen molar-refractivity contribution in [1.29, 1.82) is 0 Å². The van der Waals surface area contributed by atoms with E-state index in [0.717, 1.165) is 5.56 Å². The Balaban J connectivity index is 2.10. The molecular formula is C20H18N4O2S. The van der Waals surface area contributed by atoms with Crippen molar-refractivity contribution in [3.63, 3.8) is 0 Å². The molecule has 0 amide bonds. The number of hydrogen-bond donors (Lipinski definition) is 1. The fourth-order valence-electron chi connectivity index (χ4n) is 3.10. The summed E-state index contributed by atoms with van der Waals surface area (Å²) in [6.45, 7) is 5.96. The molecule has 2 aromatic heterocycles. The SMILES string of the molecule is C=CCn1c(N)c(S(=O)(=O)c2ccc(C)cc2)c2nc3ccccc3nc21. The molecule has 136 valence electrons. The van der Waals surface area contributed by atoms with Gasteiger partial charge in [0, 0.05) is 6.54 Å². The van der Waals surface area contributed by atoms with Crippen LogP contribution >= 0.6 is 0 Å². The van der Waals surface area contributed by atoms with E-state index in [-0.39, 0.29) is 21.1 Å². The molecule has 0 saturated carbocycles. The third-order valence-electron chi connectivity index (χ3n) is 4.46. The first-order chi connectivity index (χ1) is 12.9. The normalized spacial score (nSPS) is 11.9. The largest absolute Gasteiger partial charge is 0.384 e. The zero-order valence-corrected chi connectivity index (χ0v) is 15.6.